The predicted molar refractivity (Wildman–Crippen MR) is 141 cm³/mol. The maximum atomic E-state index is 15.2. The van der Waals surface area contributed by atoms with E-state index in [2.05, 4.69) is 15.4 Å². The van der Waals surface area contributed by atoms with E-state index in [0.717, 1.165) is 27.3 Å². The first kappa shape index (κ1) is 30.5. The van der Waals surface area contributed by atoms with Crippen LogP contribution in [-0.2, 0) is 6.42 Å². The highest BCUT2D eigenvalue weighted by Crippen LogP contribution is 2.39. The van der Waals surface area contributed by atoms with E-state index in [-0.39, 0.29) is 23.5 Å². The summed E-state index contributed by atoms with van der Waals surface area (Å²) >= 11 is 1.10. The minimum absolute atomic E-state index is 0.109. The number of carboxylic acid groups (broad SMARTS) is 1. The van der Waals surface area contributed by atoms with E-state index >= 15 is 8.78 Å². The molecule has 2 N–H and O–H groups in total. The van der Waals surface area contributed by atoms with Crippen molar-refractivity contribution in [1.82, 2.24) is 24.8 Å². The summed E-state index contributed by atoms with van der Waals surface area (Å²) in [7, 11) is 0. The van der Waals surface area contributed by atoms with Gasteiger partial charge in [0.1, 0.15) is 6.04 Å². The summed E-state index contributed by atoms with van der Waals surface area (Å²) in [5, 5.41) is 16.4. The number of carbonyl (C=O) groups excluding carboxylic acids is 1. The fourth-order valence-corrected chi connectivity index (χ4v) is 6.10. The van der Waals surface area contributed by atoms with E-state index in [9.17, 15) is 27.9 Å². The van der Waals surface area contributed by atoms with Gasteiger partial charge < -0.3 is 15.2 Å². The zero-order valence-electron chi connectivity index (χ0n) is 22.8. The van der Waals surface area contributed by atoms with Gasteiger partial charge in [0.2, 0.25) is 0 Å². The second kappa shape index (κ2) is 11.1. The molecular weight excluding hydrogens is 573 g/mol. The molecular formula is C26H30F5N5O4S. The molecule has 3 aromatic rings. The number of amides is 2. The summed E-state index contributed by atoms with van der Waals surface area (Å²) in [4.78, 5) is 31.5. The van der Waals surface area contributed by atoms with Crippen molar-refractivity contribution in [3.63, 3.8) is 0 Å². The van der Waals surface area contributed by atoms with Crippen molar-refractivity contribution >= 4 is 29.0 Å². The summed E-state index contributed by atoms with van der Waals surface area (Å²) < 4.78 is 73.8. The number of alkyl halides is 5. The molecule has 1 fully saturated rings. The number of aromatic nitrogens is 3. The number of aryl methyl sites for hydroxylation is 1. The van der Waals surface area contributed by atoms with Crippen molar-refractivity contribution in [2.75, 3.05) is 6.61 Å². The molecule has 0 unspecified atom stereocenters. The van der Waals surface area contributed by atoms with Crippen molar-refractivity contribution in [2.45, 2.75) is 83.1 Å². The number of nitrogens with zero attached hydrogens (tertiary/aromatic N) is 4. The first-order valence-electron chi connectivity index (χ1n) is 12.9. The van der Waals surface area contributed by atoms with Crippen LogP contribution in [0.4, 0.5) is 26.7 Å². The van der Waals surface area contributed by atoms with E-state index in [0.29, 0.717) is 23.2 Å². The predicted octanol–water partition coefficient (Wildman–Crippen LogP) is 6.03. The minimum Gasteiger partial charge on any atom is -0.481 e. The Kier molecular flexibility index (Phi) is 8.22. The third-order valence-corrected chi connectivity index (χ3v) is 8.05. The van der Waals surface area contributed by atoms with Crippen LogP contribution in [0.5, 0.6) is 5.75 Å². The zero-order chi connectivity index (χ0) is 30.3. The van der Waals surface area contributed by atoms with Gasteiger partial charge in [-0.2, -0.15) is 18.3 Å². The summed E-state index contributed by atoms with van der Waals surface area (Å²) in [6, 6.07) is -1.34. The molecule has 0 aromatic carbocycles. The average molecular weight is 604 g/mol. The molecule has 3 aromatic heterocycles. The Morgan fingerprint density at radius 2 is 1.95 bits per heavy atom. The van der Waals surface area contributed by atoms with Crippen LogP contribution in [0, 0.1) is 0 Å². The Hall–Kier alpha value is -3.49. The molecule has 2 atom stereocenters. The Labute approximate surface area is 236 Å². The third-order valence-electron chi connectivity index (χ3n) is 6.78. The van der Waals surface area contributed by atoms with Crippen molar-refractivity contribution < 1.29 is 41.4 Å². The highest BCUT2D eigenvalue weighted by atomic mass is 32.1. The number of halogens is 5. The lowest BCUT2D eigenvalue weighted by Crippen LogP contribution is -2.66. The fraction of sp³-hybridized carbons (Fsp3) is 0.538. The molecule has 9 nitrogen and oxygen atoms in total. The van der Waals surface area contributed by atoms with E-state index in [1.165, 1.54) is 23.0 Å². The molecule has 0 saturated heterocycles. The van der Waals surface area contributed by atoms with E-state index in [1.54, 1.807) is 20.8 Å². The monoisotopic (exact) mass is 603 g/mol. The largest absolute Gasteiger partial charge is 0.481 e. The maximum Gasteiger partial charge on any atom is 0.422 e. The van der Waals surface area contributed by atoms with Gasteiger partial charge in [-0.1, -0.05) is 6.92 Å². The molecule has 41 heavy (non-hydrogen) atoms. The number of ether oxygens (including phenoxy) is 1. The van der Waals surface area contributed by atoms with Crippen LogP contribution < -0.4 is 10.1 Å². The normalized spacial score (nSPS) is 19.2. The van der Waals surface area contributed by atoms with Crippen molar-refractivity contribution in [3.05, 3.63) is 34.4 Å². The van der Waals surface area contributed by atoms with Crippen LogP contribution >= 0.6 is 11.3 Å². The lowest BCUT2D eigenvalue weighted by Gasteiger charge is -2.47. The van der Waals surface area contributed by atoms with Crippen LogP contribution in [-0.4, -0.2) is 72.9 Å². The second-order valence-corrected chi connectivity index (χ2v) is 12.0. The van der Waals surface area contributed by atoms with Crippen LogP contribution in [0.15, 0.2) is 24.7 Å². The van der Waals surface area contributed by atoms with Gasteiger partial charge >= 0.3 is 12.3 Å². The summed E-state index contributed by atoms with van der Waals surface area (Å²) in [6.45, 7) is 5.20. The van der Waals surface area contributed by atoms with Crippen LogP contribution in [0.3, 0.4) is 0 Å². The minimum atomic E-state index is -4.52. The zero-order valence-corrected chi connectivity index (χ0v) is 23.6. The lowest BCUT2D eigenvalue weighted by atomic mass is 9.84. The highest BCUT2D eigenvalue weighted by molar-refractivity contribution is 7.14. The lowest BCUT2D eigenvalue weighted by molar-refractivity contribution is -0.153. The smallest absolute Gasteiger partial charge is 0.422 e. The van der Waals surface area contributed by atoms with Gasteiger partial charge in [-0.3, -0.25) is 9.69 Å². The number of thiophene rings is 1. The molecule has 1 saturated carbocycles. The average Bonchev–Trinajstić information content (AvgIpc) is 3.46. The molecule has 15 heteroatoms. The van der Waals surface area contributed by atoms with Gasteiger partial charge in [0.25, 0.3) is 11.8 Å². The number of nitrogens with one attached hydrogen (secondary N) is 1. The first-order valence-corrected chi connectivity index (χ1v) is 13.7. The van der Waals surface area contributed by atoms with Gasteiger partial charge in [-0.15, -0.1) is 11.3 Å². The van der Waals surface area contributed by atoms with E-state index < -0.39 is 54.7 Å². The Morgan fingerprint density at radius 3 is 2.56 bits per heavy atom. The first-order chi connectivity index (χ1) is 19.0. The number of carbonyl (C=O) groups is 2. The molecule has 0 radical (unpaired) electrons. The topological polar surface area (TPSA) is 109 Å². The number of hydrogen-bond donors (Lipinski definition) is 2. The summed E-state index contributed by atoms with van der Waals surface area (Å²) in [5.74, 6) is -4.23. The molecule has 1 aliphatic rings. The molecule has 224 valence electrons. The molecule has 0 bridgehead atoms. The van der Waals surface area contributed by atoms with Gasteiger partial charge in [-0.25, -0.2) is 23.1 Å². The van der Waals surface area contributed by atoms with Crippen LogP contribution in [0.1, 0.15) is 61.5 Å². The fourth-order valence-electron chi connectivity index (χ4n) is 5.09. The highest BCUT2D eigenvalue weighted by Gasteiger charge is 2.52. The summed E-state index contributed by atoms with van der Waals surface area (Å²) in [6.07, 6.45) is -1.77. The Bertz CT molecular complexity index is 1430. The standard InChI is InChI=1S/C26H30F5N5O4S/c1-5-18-15(16-11-33-35-12-14(10-32-21(16)35)40-13-26(29,30)31)9-19(41-18)22(37)34-20-17(7-6-8-25(20,27)28)36(23(38)39)24(2,3)4/h9-12,17,20H,5-8,13H2,1-4H3,(H,34,37)(H,38,39)/t17-,20-/m1/s1. The second-order valence-electron chi connectivity index (χ2n) is 10.8. The summed E-state index contributed by atoms with van der Waals surface area (Å²) in [5.41, 5.74) is 0.380. The number of rotatable bonds is 7. The Balaban J connectivity index is 1.63. The van der Waals surface area contributed by atoms with Crippen LogP contribution in [0.25, 0.3) is 16.8 Å². The van der Waals surface area contributed by atoms with Crippen molar-refractivity contribution in [2.24, 2.45) is 0 Å². The number of fused-ring (bicyclic) bond motifs is 1. The van der Waals surface area contributed by atoms with Gasteiger partial charge in [0, 0.05) is 28.0 Å². The molecule has 0 aliphatic heterocycles. The van der Waals surface area contributed by atoms with Gasteiger partial charge in [0.05, 0.1) is 29.5 Å². The molecule has 1 aliphatic carbocycles. The SMILES string of the molecule is CCc1sc(C(=O)N[C@@H]2[C@H](N(C(=O)O)C(C)(C)C)CCCC2(F)F)cc1-c1cnn2cc(OCC(F)(F)F)cnc12. The van der Waals surface area contributed by atoms with Gasteiger partial charge in [-0.05, 0) is 46.1 Å². The van der Waals surface area contributed by atoms with Crippen molar-refractivity contribution in [1.29, 1.82) is 0 Å². The van der Waals surface area contributed by atoms with E-state index in [1.807, 2.05) is 6.92 Å². The molecule has 0 spiro atoms. The molecule has 2 amide bonds. The maximum absolute atomic E-state index is 15.2. The molecule has 4 rings (SSSR count). The van der Waals surface area contributed by atoms with E-state index in [4.69, 9.17) is 4.74 Å². The quantitative estimate of drug-likeness (QED) is 0.320. The number of hydrogen-bond acceptors (Lipinski definition) is 6. The van der Waals surface area contributed by atoms with Gasteiger partial charge in [0.15, 0.2) is 18.0 Å². The third kappa shape index (κ3) is 6.54. The van der Waals surface area contributed by atoms with Crippen molar-refractivity contribution in [3.8, 4) is 16.9 Å². The van der Waals surface area contributed by atoms with Crippen LogP contribution in [0.2, 0.25) is 0 Å². The molecule has 3 heterocycles. The Morgan fingerprint density at radius 1 is 1.24 bits per heavy atom.